The van der Waals surface area contributed by atoms with Gasteiger partial charge in [-0.1, -0.05) is 6.07 Å². The number of carboxylic acid groups (broad SMARTS) is 1. The lowest BCUT2D eigenvalue weighted by Crippen LogP contribution is -2.42. The summed E-state index contributed by atoms with van der Waals surface area (Å²) in [6, 6.07) is 4.08. The van der Waals surface area contributed by atoms with Gasteiger partial charge in [0, 0.05) is 24.5 Å². The van der Waals surface area contributed by atoms with Gasteiger partial charge in [0.05, 0.1) is 12.5 Å². The van der Waals surface area contributed by atoms with Crippen LogP contribution in [0.3, 0.4) is 0 Å². The summed E-state index contributed by atoms with van der Waals surface area (Å²) in [6.45, 7) is 0. The summed E-state index contributed by atoms with van der Waals surface area (Å²) in [6.07, 6.45) is -1.25. The number of aromatic hydroxyl groups is 1. The first-order valence-electron chi connectivity index (χ1n) is 6.29. The Bertz CT molecular complexity index is 518. The van der Waals surface area contributed by atoms with Gasteiger partial charge in [0.15, 0.2) is 0 Å². The quantitative estimate of drug-likeness (QED) is 0.896. The van der Waals surface area contributed by atoms with Crippen molar-refractivity contribution in [3.8, 4) is 11.5 Å². The van der Waals surface area contributed by atoms with Crippen LogP contribution in [0.1, 0.15) is 31.2 Å². The molecule has 0 aromatic heterocycles. The fourth-order valence-corrected chi connectivity index (χ4v) is 2.72. The van der Waals surface area contributed by atoms with Crippen LogP contribution in [-0.2, 0) is 10.2 Å². The van der Waals surface area contributed by atoms with E-state index >= 15 is 0 Å². The fraction of sp³-hybridized carbons (Fsp3) is 0.500. The van der Waals surface area contributed by atoms with Crippen LogP contribution in [0.4, 0.5) is 8.78 Å². The van der Waals surface area contributed by atoms with Gasteiger partial charge in [0.1, 0.15) is 11.5 Å². The summed E-state index contributed by atoms with van der Waals surface area (Å²) < 4.78 is 31.7. The highest BCUT2D eigenvalue weighted by atomic mass is 19.3. The average Bonchev–Trinajstić information content (AvgIpc) is 2.39. The van der Waals surface area contributed by atoms with Gasteiger partial charge in [-0.15, -0.1) is 0 Å². The Labute approximate surface area is 115 Å². The summed E-state index contributed by atoms with van der Waals surface area (Å²) in [5.41, 5.74) is -1.05. The number of halogens is 2. The first-order chi connectivity index (χ1) is 9.31. The zero-order valence-electron chi connectivity index (χ0n) is 11.0. The largest absolute Gasteiger partial charge is 0.508 e. The molecule has 1 fully saturated rings. The summed E-state index contributed by atoms with van der Waals surface area (Å²) in [5, 5.41) is 19.0. The van der Waals surface area contributed by atoms with Crippen LogP contribution in [0.5, 0.6) is 11.5 Å². The molecule has 1 aromatic rings. The Morgan fingerprint density at radius 3 is 2.35 bits per heavy atom. The SMILES string of the molecule is COc1cc(O)ccc1C1(C(=O)O)CCC(F)(F)CC1. The van der Waals surface area contributed by atoms with Gasteiger partial charge < -0.3 is 14.9 Å². The van der Waals surface area contributed by atoms with E-state index in [1.807, 2.05) is 0 Å². The normalized spacial score (nSPS) is 20.4. The maximum absolute atomic E-state index is 13.3. The molecule has 1 saturated carbocycles. The molecule has 1 aliphatic rings. The molecular formula is C14H16F2O4. The lowest BCUT2D eigenvalue weighted by molar-refractivity contribution is -0.149. The minimum Gasteiger partial charge on any atom is -0.508 e. The van der Waals surface area contributed by atoms with Crippen molar-refractivity contribution in [2.24, 2.45) is 0 Å². The molecule has 0 heterocycles. The number of phenolic OH excluding ortho intramolecular Hbond substituents is 1. The smallest absolute Gasteiger partial charge is 0.314 e. The number of carbonyl (C=O) groups is 1. The molecule has 0 spiro atoms. The molecule has 2 N–H and O–H groups in total. The van der Waals surface area contributed by atoms with Crippen LogP contribution in [0.2, 0.25) is 0 Å². The molecule has 0 atom stereocenters. The molecule has 0 saturated heterocycles. The highest BCUT2D eigenvalue weighted by Gasteiger charge is 2.50. The van der Waals surface area contributed by atoms with E-state index in [-0.39, 0.29) is 24.3 Å². The molecule has 1 aromatic carbocycles. The first-order valence-corrected chi connectivity index (χ1v) is 6.29. The van der Waals surface area contributed by atoms with Gasteiger partial charge >= 0.3 is 5.97 Å². The summed E-state index contributed by atoms with van der Waals surface area (Å²) in [4.78, 5) is 11.7. The Hall–Kier alpha value is -1.85. The van der Waals surface area contributed by atoms with Gasteiger partial charge in [-0.25, -0.2) is 8.78 Å². The fourth-order valence-electron chi connectivity index (χ4n) is 2.72. The van der Waals surface area contributed by atoms with Crippen molar-refractivity contribution in [1.29, 1.82) is 0 Å². The highest BCUT2D eigenvalue weighted by Crippen LogP contribution is 2.48. The third kappa shape index (κ3) is 2.42. The summed E-state index contributed by atoms with van der Waals surface area (Å²) in [5.74, 6) is -3.81. The molecular weight excluding hydrogens is 270 g/mol. The number of alkyl halides is 2. The Morgan fingerprint density at radius 1 is 1.25 bits per heavy atom. The van der Waals surface area contributed by atoms with Gasteiger partial charge in [-0.05, 0) is 18.9 Å². The van der Waals surface area contributed by atoms with E-state index in [0.717, 1.165) is 0 Å². The van der Waals surface area contributed by atoms with Gasteiger partial charge in [0.25, 0.3) is 0 Å². The topological polar surface area (TPSA) is 66.8 Å². The number of methoxy groups -OCH3 is 1. The van der Waals surface area contributed by atoms with Crippen molar-refractivity contribution in [2.75, 3.05) is 7.11 Å². The van der Waals surface area contributed by atoms with Crippen molar-refractivity contribution in [3.63, 3.8) is 0 Å². The number of rotatable bonds is 3. The van der Waals surface area contributed by atoms with E-state index < -0.39 is 30.1 Å². The predicted molar refractivity (Wildman–Crippen MR) is 67.4 cm³/mol. The van der Waals surface area contributed by atoms with Crippen LogP contribution >= 0.6 is 0 Å². The van der Waals surface area contributed by atoms with Crippen molar-refractivity contribution < 1.29 is 28.5 Å². The van der Waals surface area contributed by atoms with E-state index in [9.17, 15) is 23.8 Å². The number of ether oxygens (including phenoxy) is 1. The minimum absolute atomic E-state index is 0.0627. The van der Waals surface area contributed by atoms with Crippen LogP contribution in [0.15, 0.2) is 18.2 Å². The molecule has 110 valence electrons. The summed E-state index contributed by atoms with van der Waals surface area (Å²) in [7, 11) is 1.35. The molecule has 2 rings (SSSR count). The third-order valence-electron chi connectivity index (χ3n) is 3.95. The number of phenols is 1. The predicted octanol–water partition coefficient (Wildman–Crippen LogP) is 2.93. The summed E-state index contributed by atoms with van der Waals surface area (Å²) >= 11 is 0. The number of carboxylic acids is 1. The highest BCUT2D eigenvalue weighted by molar-refractivity contribution is 5.83. The lowest BCUT2D eigenvalue weighted by Gasteiger charge is -2.37. The van der Waals surface area contributed by atoms with E-state index in [1.54, 1.807) is 0 Å². The molecule has 0 amide bonds. The first kappa shape index (κ1) is 14.6. The van der Waals surface area contributed by atoms with E-state index in [4.69, 9.17) is 4.74 Å². The molecule has 6 heteroatoms. The third-order valence-corrected chi connectivity index (χ3v) is 3.95. The number of benzene rings is 1. The monoisotopic (exact) mass is 286 g/mol. The Morgan fingerprint density at radius 2 is 1.85 bits per heavy atom. The zero-order valence-corrected chi connectivity index (χ0v) is 11.0. The molecule has 0 aliphatic heterocycles. The van der Waals surface area contributed by atoms with Crippen molar-refractivity contribution in [2.45, 2.75) is 37.0 Å². The number of aliphatic carboxylic acids is 1. The minimum atomic E-state index is -2.82. The number of hydrogen-bond donors (Lipinski definition) is 2. The second-order valence-corrected chi connectivity index (χ2v) is 5.13. The maximum atomic E-state index is 13.3. The molecule has 0 unspecified atom stereocenters. The van der Waals surface area contributed by atoms with Crippen LogP contribution < -0.4 is 4.74 Å². The van der Waals surface area contributed by atoms with Gasteiger partial charge in [0.2, 0.25) is 5.92 Å². The van der Waals surface area contributed by atoms with Gasteiger partial charge in [-0.2, -0.15) is 0 Å². The van der Waals surface area contributed by atoms with E-state index in [2.05, 4.69) is 0 Å². The van der Waals surface area contributed by atoms with Gasteiger partial charge in [-0.3, -0.25) is 4.79 Å². The average molecular weight is 286 g/mol. The molecule has 1 aliphatic carbocycles. The standard InChI is InChI=1S/C14H16F2O4/c1-20-11-8-9(17)2-3-10(11)13(12(18)19)4-6-14(15,16)7-5-13/h2-3,8,17H,4-7H2,1H3,(H,18,19). The van der Waals surface area contributed by atoms with Crippen molar-refractivity contribution in [3.05, 3.63) is 23.8 Å². The van der Waals surface area contributed by atoms with E-state index in [0.29, 0.717) is 5.56 Å². The Balaban J connectivity index is 2.47. The molecule has 0 bridgehead atoms. The Kier molecular flexibility index (Phi) is 3.58. The lowest BCUT2D eigenvalue weighted by atomic mass is 9.68. The van der Waals surface area contributed by atoms with Crippen LogP contribution in [0, 0.1) is 0 Å². The molecule has 20 heavy (non-hydrogen) atoms. The molecule has 4 nitrogen and oxygen atoms in total. The van der Waals surface area contributed by atoms with Crippen molar-refractivity contribution >= 4 is 5.97 Å². The zero-order chi connectivity index (χ0) is 15.0. The number of hydrogen-bond acceptors (Lipinski definition) is 3. The second kappa shape index (κ2) is 4.92. The molecule has 0 radical (unpaired) electrons. The van der Waals surface area contributed by atoms with Crippen LogP contribution in [-0.4, -0.2) is 29.2 Å². The maximum Gasteiger partial charge on any atom is 0.314 e. The van der Waals surface area contributed by atoms with E-state index in [1.165, 1.54) is 25.3 Å². The van der Waals surface area contributed by atoms with Crippen molar-refractivity contribution in [1.82, 2.24) is 0 Å². The second-order valence-electron chi connectivity index (χ2n) is 5.13. The van der Waals surface area contributed by atoms with Crippen LogP contribution in [0.25, 0.3) is 0 Å².